The van der Waals surface area contributed by atoms with Crippen molar-refractivity contribution in [3.8, 4) is 0 Å². The first kappa shape index (κ1) is 15.0. The van der Waals surface area contributed by atoms with Crippen molar-refractivity contribution in [1.29, 1.82) is 0 Å². The molecule has 1 aliphatic rings. The number of hydrogen-bond donors (Lipinski definition) is 1. The summed E-state index contributed by atoms with van der Waals surface area (Å²) >= 11 is 0. The number of nitrogens with one attached hydrogen (secondary N) is 1. The van der Waals surface area contributed by atoms with Gasteiger partial charge in [0.2, 0.25) is 0 Å². The molecule has 0 radical (unpaired) electrons. The Balaban J connectivity index is 2.20. The summed E-state index contributed by atoms with van der Waals surface area (Å²) in [5, 5.41) is 3.76. The lowest BCUT2D eigenvalue weighted by molar-refractivity contribution is 0.173. The lowest BCUT2D eigenvalue weighted by Crippen LogP contribution is -2.43. The van der Waals surface area contributed by atoms with E-state index in [4.69, 9.17) is 0 Å². The van der Waals surface area contributed by atoms with Crippen LogP contribution in [0.25, 0.3) is 0 Å². The van der Waals surface area contributed by atoms with Crippen LogP contribution >= 0.6 is 0 Å². The summed E-state index contributed by atoms with van der Waals surface area (Å²) in [4.78, 5) is 2.57. The third-order valence-electron chi connectivity index (χ3n) is 3.98. The molecule has 102 valence electrons. The van der Waals surface area contributed by atoms with Crippen LogP contribution in [0.15, 0.2) is 0 Å². The lowest BCUT2D eigenvalue weighted by atomic mass is 10.1. The minimum Gasteiger partial charge on any atom is -0.313 e. The topological polar surface area (TPSA) is 15.3 Å². The van der Waals surface area contributed by atoms with Crippen LogP contribution in [-0.2, 0) is 0 Å². The molecule has 0 atom stereocenters. The Bertz CT molecular complexity index is 173. The molecule has 2 nitrogen and oxygen atoms in total. The number of hydrogen-bond acceptors (Lipinski definition) is 2. The maximum absolute atomic E-state index is 3.76. The van der Waals surface area contributed by atoms with Crippen LogP contribution < -0.4 is 5.32 Å². The molecule has 1 N–H and O–H groups in total. The molecule has 0 aromatic rings. The maximum atomic E-state index is 3.76. The highest BCUT2D eigenvalue weighted by atomic mass is 15.2. The zero-order valence-corrected chi connectivity index (χ0v) is 12.3. The molecule has 17 heavy (non-hydrogen) atoms. The van der Waals surface area contributed by atoms with Gasteiger partial charge >= 0.3 is 0 Å². The van der Waals surface area contributed by atoms with Gasteiger partial charge in [-0.2, -0.15) is 0 Å². The van der Waals surface area contributed by atoms with Gasteiger partial charge < -0.3 is 5.32 Å². The summed E-state index contributed by atoms with van der Waals surface area (Å²) in [5.74, 6) is 0. The van der Waals surface area contributed by atoms with Gasteiger partial charge in [-0.3, -0.25) is 4.90 Å². The fraction of sp³-hybridized carbons (Fsp3) is 1.00. The molecule has 2 heteroatoms. The summed E-state index contributed by atoms with van der Waals surface area (Å²) < 4.78 is 0. The van der Waals surface area contributed by atoms with Gasteiger partial charge in [0.1, 0.15) is 0 Å². The molecule has 0 aromatic carbocycles. The van der Waals surface area contributed by atoms with Crippen LogP contribution in [0.4, 0.5) is 0 Å². The largest absolute Gasteiger partial charge is 0.313 e. The highest BCUT2D eigenvalue weighted by molar-refractivity contribution is 4.73. The van der Waals surface area contributed by atoms with E-state index in [1.807, 2.05) is 0 Å². The van der Waals surface area contributed by atoms with Gasteiger partial charge in [0, 0.05) is 31.2 Å². The molecule has 0 amide bonds. The first-order valence-corrected chi connectivity index (χ1v) is 7.60. The van der Waals surface area contributed by atoms with E-state index in [1.54, 1.807) is 0 Å². The first-order chi connectivity index (χ1) is 8.11. The van der Waals surface area contributed by atoms with Crippen molar-refractivity contribution in [1.82, 2.24) is 10.2 Å². The van der Waals surface area contributed by atoms with Crippen molar-refractivity contribution < 1.29 is 0 Å². The summed E-state index contributed by atoms with van der Waals surface area (Å²) in [6, 6.07) is 2.11. The van der Waals surface area contributed by atoms with Crippen molar-refractivity contribution in [2.24, 2.45) is 0 Å². The fourth-order valence-electron chi connectivity index (χ4n) is 2.99. The van der Waals surface area contributed by atoms with Crippen LogP contribution in [0.2, 0.25) is 0 Å². The van der Waals surface area contributed by atoms with E-state index in [2.05, 4.69) is 37.9 Å². The van der Waals surface area contributed by atoms with Crippen molar-refractivity contribution in [3.63, 3.8) is 0 Å². The van der Waals surface area contributed by atoms with Crippen LogP contribution in [0.5, 0.6) is 0 Å². The van der Waals surface area contributed by atoms with Crippen LogP contribution in [0, 0.1) is 0 Å². The zero-order valence-electron chi connectivity index (χ0n) is 12.3. The Morgan fingerprint density at radius 1 is 0.941 bits per heavy atom. The normalized spacial score (nSPS) is 19.2. The van der Waals surface area contributed by atoms with Gasteiger partial charge in [-0.25, -0.2) is 0 Å². The molecule has 0 saturated heterocycles. The molecule has 0 heterocycles. The molecule has 0 spiro atoms. The second-order valence-corrected chi connectivity index (χ2v) is 6.07. The van der Waals surface area contributed by atoms with Gasteiger partial charge in [-0.1, -0.05) is 25.7 Å². The maximum Gasteiger partial charge on any atom is 0.0112 e. The van der Waals surface area contributed by atoms with E-state index < -0.39 is 0 Å². The molecule has 1 aliphatic carbocycles. The van der Waals surface area contributed by atoms with E-state index in [-0.39, 0.29) is 0 Å². The van der Waals surface area contributed by atoms with E-state index in [0.29, 0.717) is 12.1 Å². The van der Waals surface area contributed by atoms with Gasteiger partial charge in [-0.15, -0.1) is 0 Å². The molecule has 0 aromatic heterocycles. The van der Waals surface area contributed by atoms with Crippen molar-refractivity contribution in [2.45, 2.75) is 84.3 Å². The molecule has 0 bridgehead atoms. The van der Waals surface area contributed by atoms with Gasteiger partial charge in [-0.05, 0) is 40.5 Å². The number of nitrogens with zero attached hydrogens (tertiary/aromatic N) is 1. The first-order valence-electron chi connectivity index (χ1n) is 7.60. The zero-order chi connectivity index (χ0) is 12.7. The highest BCUT2D eigenvalue weighted by Crippen LogP contribution is 2.17. The Labute approximate surface area is 108 Å². The van der Waals surface area contributed by atoms with E-state index in [1.165, 1.54) is 45.1 Å². The highest BCUT2D eigenvalue weighted by Gasteiger charge is 2.15. The van der Waals surface area contributed by atoms with E-state index >= 15 is 0 Å². The molecule has 1 saturated carbocycles. The molecular formula is C15H32N2. The van der Waals surface area contributed by atoms with Crippen LogP contribution in [0.3, 0.4) is 0 Å². The van der Waals surface area contributed by atoms with Crippen molar-refractivity contribution in [3.05, 3.63) is 0 Å². The SMILES string of the molecule is CC(C)N(CCNC1CCCCCC1)C(C)C. The molecule has 0 unspecified atom stereocenters. The predicted molar refractivity (Wildman–Crippen MR) is 76.5 cm³/mol. The summed E-state index contributed by atoms with van der Waals surface area (Å²) in [6.45, 7) is 11.5. The van der Waals surface area contributed by atoms with Gasteiger partial charge in [0.15, 0.2) is 0 Å². The van der Waals surface area contributed by atoms with E-state index in [0.717, 1.165) is 12.6 Å². The van der Waals surface area contributed by atoms with Crippen molar-refractivity contribution in [2.75, 3.05) is 13.1 Å². The standard InChI is InChI=1S/C15H32N2/c1-13(2)17(14(3)4)12-11-16-15-9-7-5-6-8-10-15/h13-16H,5-12H2,1-4H3. The lowest BCUT2D eigenvalue weighted by Gasteiger charge is -2.31. The third-order valence-corrected chi connectivity index (χ3v) is 3.98. The molecular weight excluding hydrogens is 208 g/mol. The second-order valence-electron chi connectivity index (χ2n) is 6.07. The monoisotopic (exact) mass is 240 g/mol. The average Bonchev–Trinajstić information content (AvgIpc) is 2.51. The number of rotatable bonds is 6. The van der Waals surface area contributed by atoms with Gasteiger partial charge in [0.05, 0.1) is 0 Å². The summed E-state index contributed by atoms with van der Waals surface area (Å²) in [7, 11) is 0. The minimum absolute atomic E-state index is 0.658. The Hall–Kier alpha value is -0.0800. The molecule has 1 fully saturated rings. The summed E-state index contributed by atoms with van der Waals surface area (Å²) in [5.41, 5.74) is 0. The Morgan fingerprint density at radius 2 is 1.47 bits per heavy atom. The second kappa shape index (κ2) is 8.10. The Morgan fingerprint density at radius 3 is 1.94 bits per heavy atom. The predicted octanol–water partition coefficient (Wildman–Crippen LogP) is 3.42. The smallest absolute Gasteiger partial charge is 0.0112 e. The Kier molecular flexibility index (Phi) is 7.14. The average molecular weight is 240 g/mol. The molecule has 0 aliphatic heterocycles. The minimum atomic E-state index is 0.658. The fourth-order valence-corrected chi connectivity index (χ4v) is 2.99. The summed E-state index contributed by atoms with van der Waals surface area (Å²) in [6.07, 6.45) is 8.53. The van der Waals surface area contributed by atoms with Crippen LogP contribution in [-0.4, -0.2) is 36.1 Å². The van der Waals surface area contributed by atoms with E-state index in [9.17, 15) is 0 Å². The quantitative estimate of drug-likeness (QED) is 0.716. The molecule has 1 rings (SSSR count). The van der Waals surface area contributed by atoms with Gasteiger partial charge in [0.25, 0.3) is 0 Å². The third kappa shape index (κ3) is 5.87. The van der Waals surface area contributed by atoms with Crippen LogP contribution in [0.1, 0.15) is 66.2 Å². The van der Waals surface area contributed by atoms with Crippen molar-refractivity contribution >= 4 is 0 Å².